The highest BCUT2D eigenvalue weighted by atomic mass is 32.2. The van der Waals surface area contributed by atoms with Crippen LogP contribution in [0.1, 0.15) is 23.7 Å². The second-order valence-corrected chi connectivity index (χ2v) is 7.66. The van der Waals surface area contributed by atoms with E-state index in [2.05, 4.69) is 27.8 Å². The van der Waals surface area contributed by atoms with E-state index in [4.69, 9.17) is 14.5 Å². The number of thioether (sulfide) groups is 1. The first kappa shape index (κ1) is 20.2. The number of carbonyl (C=O) groups excluding carboxylic acids is 1. The fourth-order valence-corrected chi connectivity index (χ4v) is 4.10. The van der Waals surface area contributed by atoms with Crippen molar-refractivity contribution in [1.29, 1.82) is 0 Å². The van der Waals surface area contributed by atoms with Gasteiger partial charge in [0.2, 0.25) is 5.16 Å². The SMILES string of the molecule is CCCn1c2ccccc2c2nnc(SCC(=O)c3ccc(OC)cc3OC)nc21. The molecule has 0 saturated heterocycles. The first-order valence-corrected chi connectivity index (χ1v) is 10.6. The molecule has 0 aliphatic rings. The lowest BCUT2D eigenvalue weighted by Crippen LogP contribution is -2.06. The van der Waals surface area contributed by atoms with Gasteiger partial charge < -0.3 is 14.0 Å². The molecule has 0 amide bonds. The smallest absolute Gasteiger partial charge is 0.211 e. The highest BCUT2D eigenvalue weighted by Gasteiger charge is 2.17. The number of ketones is 1. The van der Waals surface area contributed by atoms with Crippen LogP contribution in [-0.4, -0.2) is 45.5 Å². The second-order valence-electron chi connectivity index (χ2n) is 6.71. The number of carbonyl (C=O) groups is 1. The number of rotatable bonds is 8. The summed E-state index contributed by atoms with van der Waals surface area (Å²) in [6.45, 7) is 2.97. The van der Waals surface area contributed by atoms with Crippen molar-refractivity contribution < 1.29 is 14.3 Å². The molecule has 0 aliphatic carbocycles. The Balaban J connectivity index is 1.61. The van der Waals surface area contributed by atoms with Gasteiger partial charge in [0.1, 0.15) is 17.0 Å². The van der Waals surface area contributed by atoms with Crippen molar-refractivity contribution in [3.05, 3.63) is 48.0 Å². The predicted molar refractivity (Wildman–Crippen MR) is 118 cm³/mol. The van der Waals surface area contributed by atoms with Crippen molar-refractivity contribution in [3.8, 4) is 11.5 Å². The Labute approximate surface area is 178 Å². The van der Waals surface area contributed by atoms with Gasteiger partial charge in [0, 0.05) is 18.0 Å². The van der Waals surface area contributed by atoms with E-state index >= 15 is 0 Å². The molecule has 0 bridgehead atoms. The van der Waals surface area contributed by atoms with Crippen LogP contribution in [0.15, 0.2) is 47.6 Å². The van der Waals surface area contributed by atoms with E-state index in [-0.39, 0.29) is 11.5 Å². The molecule has 0 fully saturated rings. The van der Waals surface area contributed by atoms with Crippen LogP contribution in [0, 0.1) is 0 Å². The molecule has 0 N–H and O–H groups in total. The van der Waals surface area contributed by atoms with Gasteiger partial charge in [-0.05, 0) is 24.6 Å². The molecular formula is C22H22N4O3S. The average molecular weight is 423 g/mol. The zero-order chi connectivity index (χ0) is 21.1. The minimum Gasteiger partial charge on any atom is -0.497 e. The Kier molecular flexibility index (Phi) is 5.85. The molecule has 0 atom stereocenters. The number of Topliss-reactive ketones (excluding diaryl/α,β-unsaturated/α-hetero) is 1. The summed E-state index contributed by atoms with van der Waals surface area (Å²) in [6.07, 6.45) is 0.982. The third-order valence-electron chi connectivity index (χ3n) is 4.84. The molecule has 2 aromatic carbocycles. The maximum absolute atomic E-state index is 12.7. The largest absolute Gasteiger partial charge is 0.497 e. The van der Waals surface area contributed by atoms with Gasteiger partial charge in [-0.1, -0.05) is 36.9 Å². The van der Waals surface area contributed by atoms with Crippen LogP contribution >= 0.6 is 11.8 Å². The zero-order valence-electron chi connectivity index (χ0n) is 17.1. The number of aryl methyl sites for hydroxylation is 1. The lowest BCUT2D eigenvalue weighted by Gasteiger charge is -2.09. The highest BCUT2D eigenvalue weighted by Crippen LogP contribution is 2.29. The average Bonchev–Trinajstić information content (AvgIpc) is 3.10. The molecule has 30 heavy (non-hydrogen) atoms. The number of methoxy groups -OCH3 is 2. The standard InChI is InChI=1S/C22H22N4O3S/c1-4-11-26-17-8-6-5-7-15(17)20-21(26)23-22(25-24-20)30-13-18(27)16-10-9-14(28-2)12-19(16)29-3/h5-10,12H,4,11,13H2,1-3H3. The quantitative estimate of drug-likeness (QED) is 0.308. The molecule has 0 unspecified atom stereocenters. The lowest BCUT2D eigenvalue weighted by atomic mass is 10.1. The molecule has 7 nitrogen and oxygen atoms in total. The van der Waals surface area contributed by atoms with Crippen LogP contribution in [0.4, 0.5) is 0 Å². The first-order chi connectivity index (χ1) is 14.7. The van der Waals surface area contributed by atoms with Gasteiger partial charge in [-0.3, -0.25) is 4.79 Å². The molecule has 0 spiro atoms. The molecule has 2 heterocycles. The molecule has 0 radical (unpaired) electrons. The molecule has 4 aromatic rings. The summed E-state index contributed by atoms with van der Waals surface area (Å²) in [5, 5.41) is 10.2. The molecule has 0 aliphatic heterocycles. The van der Waals surface area contributed by atoms with Crippen LogP contribution in [0.25, 0.3) is 22.1 Å². The van der Waals surface area contributed by atoms with Crippen LogP contribution in [-0.2, 0) is 6.54 Å². The fourth-order valence-electron chi connectivity index (χ4n) is 3.44. The molecule has 0 saturated carbocycles. The molecule has 154 valence electrons. The first-order valence-electron chi connectivity index (χ1n) is 9.66. The summed E-state index contributed by atoms with van der Waals surface area (Å²) >= 11 is 1.27. The van der Waals surface area contributed by atoms with E-state index in [0.29, 0.717) is 22.2 Å². The number of hydrogen-bond donors (Lipinski definition) is 0. The summed E-state index contributed by atoms with van der Waals surface area (Å²) in [7, 11) is 3.11. The number of nitrogens with zero attached hydrogens (tertiary/aromatic N) is 4. The van der Waals surface area contributed by atoms with Crippen molar-refractivity contribution in [3.63, 3.8) is 0 Å². The normalized spacial score (nSPS) is 11.2. The number of para-hydroxylation sites is 1. The summed E-state index contributed by atoms with van der Waals surface area (Å²) in [4.78, 5) is 17.5. The van der Waals surface area contributed by atoms with Crippen LogP contribution in [0.5, 0.6) is 11.5 Å². The van der Waals surface area contributed by atoms with Crippen LogP contribution < -0.4 is 9.47 Å². The number of fused-ring (bicyclic) bond motifs is 3. The van der Waals surface area contributed by atoms with E-state index in [0.717, 1.165) is 35.0 Å². The topological polar surface area (TPSA) is 79.1 Å². The summed E-state index contributed by atoms with van der Waals surface area (Å²) in [5.74, 6) is 1.23. The summed E-state index contributed by atoms with van der Waals surface area (Å²) < 4.78 is 12.7. The maximum Gasteiger partial charge on any atom is 0.211 e. The van der Waals surface area contributed by atoms with Gasteiger partial charge in [0.05, 0.1) is 31.1 Å². The number of aromatic nitrogens is 4. The van der Waals surface area contributed by atoms with Gasteiger partial charge in [-0.25, -0.2) is 4.98 Å². The predicted octanol–water partition coefficient (Wildman–Crippen LogP) is 4.38. The number of benzene rings is 2. The van der Waals surface area contributed by atoms with Crippen molar-refractivity contribution >= 4 is 39.6 Å². The Bertz CT molecular complexity index is 1220. The van der Waals surface area contributed by atoms with Crippen molar-refractivity contribution in [2.24, 2.45) is 0 Å². The maximum atomic E-state index is 12.7. The Morgan fingerprint density at radius 1 is 1.10 bits per heavy atom. The fraction of sp³-hybridized carbons (Fsp3) is 0.273. The minimum absolute atomic E-state index is 0.0719. The zero-order valence-corrected chi connectivity index (χ0v) is 17.9. The van der Waals surface area contributed by atoms with Crippen LogP contribution in [0.3, 0.4) is 0 Å². The Hall–Kier alpha value is -3.13. The summed E-state index contributed by atoms with van der Waals surface area (Å²) in [6, 6.07) is 13.3. The highest BCUT2D eigenvalue weighted by molar-refractivity contribution is 7.99. The Morgan fingerprint density at radius 3 is 2.70 bits per heavy atom. The van der Waals surface area contributed by atoms with E-state index < -0.39 is 0 Å². The van der Waals surface area contributed by atoms with E-state index in [1.165, 1.54) is 18.9 Å². The number of ether oxygens (including phenoxy) is 2. The van der Waals surface area contributed by atoms with Gasteiger partial charge in [0.25, 0.3) is 0 Å². The van der Waals surface area contributed by atoms with Gasteiger partial charge in [0.15, 0.2) is 11.4 Å². The van der Waals surface area contributed by atoms with Gasteiger partial charge in [-0.15, -0.1) is 10.2 Å². The monoisotopic (exact) mass is 422 g/mol. The molecular weight excluding hydrogens is 400 g/mol. The Morgan fingerprint density at radius 2 is 1.93 bits per heavy atom. The van der Waals surface area contributed by atoms with E-state index in [1.807, 2.05) is 18.2 Å². The second kappa shape index (κ2) is 8.71. The third-order valence-corrected chi connectivity index (χ3v) is 5.68. The van der Waals surface area contributed by atoms with Gasteiger partial charge in [-0.2, -0.15) is 0 Å². The van der Waals surface area contributed by atoms with Crippen molar-refractivity contribution in [2.45, 2.75) is 25.0 Å². The summed E-state index contributed by atoms with van der Waals surface area (Å²) in [5.41, 5.74) is 3.17. The van der Waals surface area contributed by atoms with Crippen LogP contribution in [0.2, 0.25) is 0 Å². The van der Waals surface area contributed by atoms with Gasteiger partial charge >= 0.3 is 0 Å². The van der Waals surface area contributed by atoms with E-state index in [1.54, 1.807) is 25.3 Å². The lowest BCUT2D eigenvalue weighted by molar-refractivity contribution is 0.101. The van der Waals surface area contributed by atoms with E-state index in [9.17, 15) is 4.79 Å². The molecule has 8 heteroatoms. The van der Waals surface area contributed by atoms with Crippen molar-refractivity contribution in [2.75, 3.05) is 20.0 Å². The molecule has 4 rings (SSSR count). The number of hydrogen-bond acceptors (Lipinski definition) is 7. The third kappa shape index (κ3) is 3.70. The molecule has 2 aromatic heterocycles. The van der Waals surface area contributed by atoms with Crippen molar-refractivity contribution in [1.82, 2.24) is 19.7 Å². The minimum atomic E-state index is -0.0719.